The van der Waals surface area contributed by atoms with E-state index in [0.717, 1.165) is 25.9 Å². The molecule has 0 atom stereocenters. The van der Waals surface area contributed by atoms with Gasteiger partial charge in [0.2, 0.25) is 5.88 Å². The first-order valence-electron chi connectivity index (χ1n) is 7.62. The normalized spacial score (nSPS) is 15.4. The molecule has 122 valence electrons. The lowest BCUT2D eigenvalue weighted by Gasteiger charge is -2.23. The molecule has 0 bridgehead atoms. The molecule has 0 aliphatic carbocycles. The number of rotatable bonds is 5. The average Bonchev–Trinajstić information content (AvgIpc) is 2.55. The van der Waals surface area contributed by atoms with Crippen LogP contribution in [0, 0.1) is 5.82 Å². The highest BCUT2D eigenvalue weighted by atomic mass is 79.9. The van der Waals surface area contributed by atoms with Gasteiger partial charge in [-0.1, -0.05) is 22.0 Å². The van der Waals surface area contributed by atoms with Crippen molar-refractivity contribution in [1.82, 2.24) is 10.3 Å². The van der Waals surface area contributed by atoms with Crippen LogP contribution in [0.15, 0.2) is 40.9 Å². The van der Waals surface area contributed by atoms with Crippen LogP contribution < -0.4 is 14.8 Å². The Labute approximate surface area is 143 Å². The second-order valence-corrected chi connectivity index (χ2v) is 6.31. The molecule has 2 heterocycles. The molecule has 1 aromatic heterocycles. The molecule has 1 aliphatic rings. The molecular formula is C17H18BrFN2O2. The van der Waals surface area contributed by atoms with Crippen LogP contribution in [0.2, 0.25) is 0 Å². The van der Waals surface area contributed by atoms with Gasteiger partial charge < -0.3 is 14.8 Å². The molecule has 0 unspecified atom stereocenters. The summed E-state index contributed by atoms with van der Waals surface area (Å²) in [5.41, 5.74) is 0.707. The maximum absolute atomic E-state index is 13.7. The Morgan fingerprint density at radius 1 is 1.22 bits per heavy atom. The minimum absolute atomic E-state index is 0.196. The fourth-order valence-electron chi connectivity index (χ4n) is 2.43. The Morgan fingerprint density at radius 3 is 2.83 bits per heavy atom. The largest absolute Gasteiger partial charge is 0.484 e. The summed E-state index contributed by atoms with van der Waals surface area (Å²) >= 11 is 3.22. The Bertz CT molecular complexity index is 663. The molecule has 0 radical (unpaired) electrons. The Hall–Kier alpha value is -1.66. The molecule has 0 saturated carbocycles. The van der Waals surface area contributed by atoms with E-state index in [1.807, 2.05) is 18.2 Å². The highest BCUT2D eigenvalue weighted by molar-refractivity contribution is 9.10. The third-order valence-corrected chi connectivity index (χ3v) is 4.12. The van der Waals surface area contributed by atoms with Gasteiger partial charge in [0.15, 0.2) is 11.6 Å². The highest BCUT2D eigenvalue weighted by Gasteiger charge is 2.15. The van der Waals surface area contributed by atoms with Crippen molar-refractivity contribution in [3.63, 3.8) is 0 Å². The number of nitrogens with zero attached hydrogens (tertiary/aromatic N) is 1. The van der Waals surface area contributed by atoms with Crippen molar-refractivity contribution in [2.24, 2.45) is 0 Å². The average molecular weight is 381 g/mol. The molecule has 1 N–H and O–H groups in total. The fourth-order valence-corrected chi connectivity index (χ4v) is 2.76. The van der Waals surface area contributed by atoms with Crippen LogP contribution >= 0.6 is 15.9 Å². The minimum Gasteiger partial charge on any atom is -0.484 e. The van der Waals surface area contributed by atoms with E-state index in [4.69, 9.17) is 9.47 Å². The number of nitrogens with one attached hydrogen (secondary N) is 1. The first-order chi connectivity index (χ1) is 11.2. The van der Waals surface area contributed by atoms with E-state index < -0.39 is 5.82 Å². The topological polar surface area (TPSA) is 43.4 Å². The Balaban J connectivity index is 1.60. The van der Waals surface area contributed by atoms with Gasteiger partial charge in [-0.15, -0.1) is 0 Å². The molecule has 1 fully saturated rings. The van der Waals surface area contributed by atoms with Crippen molar-refractivity contribution < 1.29 is 13.9 Å². The molecule has 1 saturated heterocycles. The molecular weight excluding hydrogens is 363 g/mol. The molecule has 2 aromatic rings. The van der Waals surface area contributed by atoms with Crippen molar-refractivity contribution in [3.8, 4) is 11.6 Å². The number of piperidine rings is 1. The smallest absolute Gasteiger partial charge is 0.213 e. The van der Waals surface area contributed by atoms with Crippen LogP contribution in [-0.4, -0.2) is 24.2 Å². The van der Waals surface area contributed by atoms with Crippen molar-refractivity contribution >= 4 is 15.9 Å². The standard InChI is InChI=1S/C17H18BrFN2O2/c18-12-4-5-16(15(19)10-12)22-11-13-2-1-3-17(21-13)23-14-6-8-20-9-7-14/h1-5,10,14,20H,6-9,11H2. The number of aromatic nitrogens is 1. The van der Waals surface area contributed by atoms with E-state index in [9.17, 15) is 4.39 Å². The maximum Gasteiger partial charge on any atom is 0.213 e. The predicted octanol–water partition coefficient (Wildman–Crippen LogP) is 3.69. The van der Waals surface area contributed by atoms with Gasteiger partial charge in [0, 0.05) is 10.5 Å². The van der Waals surface area contributed by atoms with Gasteiger partial charge in [-0.05, 0) is 50.2 Å². The lowest BCUT2D eigenvalue weighted by atomic mass is 10.1. The van der Waals surface area contributed by atoms with Crippen molar-refractivity contribution in [3.05, 3.63) is 52.4 Å². The molecule has 0 spiro atoms. The number of hydrogen-bond acceptors (Lipinski definition) is 4. The zero-order valence-electron chi connectivity index (χ0n) is 12.6. The number of pyridine rings is 1. The van der Waals surface area contributed by atoms with Crippen LogP contribution in [0.1, 0.15) is 18.5 Å². The maximum atomic E-state index is 13.7. The summed E-state index contributed by atoms with van der Waals surface area (Å²) in [5, 5.41) is 3.30. The van der Waals surface area contributed by atoms with E-state index in [1.165, 1.54) is 6.07 Å². The van der Waals surface area contributed by atoms with Gasteiger partial charge in [-0.2, -0.15) is 0 Å². The van der Waals surface area contributed by atoms with E-state index in [0.29, 0.717) is 16.0 Å². The van der Waals surface area contributed by atoms with Gasteiger partial charge in [0.1, 0.15) is 12.7 Å². The number of benzene rings is 1. The third-order valence-electron chi connectivity index (χ3n) is 3.62. The zero-order valence-corrected chi connectivity index (χ0v) is 14.2. The van der Waals surface area contributed by atoms with E-state index in [-0.39, 0.29) is 18.5 Å². The van der Waals surface area contributed by atoms with Gasteiger partial charge >= 0.3 is 0 Å². The summed E-state index contributed by atoms with van der Waals surface area (Å²) in [6.07, 6.45) is 2.16. The SMILES string of the molecule is Fc1cc(Br)ccc1OCc1cccc(OC2CCNCC2)n1. The Morgan fingerprint density at radius 2 is 2.04 bits per heavy atom. The molecule has 0 amide bonds. The van der Waals surface area contributed by atoms with Crippen molar-refractivity contribution in [2.45, 2.75) is 25.6 Å². The monoisotopic (exact) mass is 380 g/mol. The number of ether oxygens (including phenoxy) is 2. The van der Waals surface area contributed by atoms with Gasteiger partial charge in [0.25, 0.3) is 0 Å². The second-order valence-electron chi connectivity index (χ2n) is 5.40. The number of hydrogen-bond donors (Lipinski definition) is 1. The summed E-state index contributed by atoms with van der Waals surface area (Å²) in [4.78, 5) is 4.43. The van der Waals surface area contributed by atoms with Crippen LogP contribution in [0.5, 0.6) is 11.6 Å². The molecule has 1 aromatic carbocycles. The quantitative estimate of drug-likeness (QED) is 0.858. The summed E-state index contributed by atoms with van der Waals surface area (Å²) in [6.45, 7) is 2.13. The second kappa shape index (κ2) is 7.75. The van der Waals surface area contributed by atoms with Crippen LogP contribution in [-0.2, 0) is 6.61 Å². The summed E-state index contributed by atoms with van der Waals surface area (Å²) in [6, 6.07) is 10.3. The molecule has 23 heavy (non-hydrogen) atoms. The van der Waals surface area contributed by atoms with Gasteiger partial charge in [-0.3, -0.25) is 0 Å². The summed E-state index contributed by atoms with van der Waals surface area (Å²) < 4.78 is 25.8. The van der Waals surface area contributed by atoms with Crippen molar-refractivity contribution in [1.29, 1.82) is 0 Å². The predicted molar refractivity (Wildman–Crippen MR) is 89.2 cm³/mol. The molecule has 3 rings (SSSR count). The van der Waals surface area contributed by atoms with E-state index >= 15 is 0 Å². The number of halogens is 2. The van der Waals surface area contributed by atoms with Crippen molar-refractivity contribution in [2.75, 3.05) is 13.1 Å². The summed E-state index contributed by atoms with van der Waals surface area (Å²) in [7, 11) is 0. The van der Waals surface area contributed by atoms with E-state index in [1.54, 1.807) is 12.1 Å². The lowest BCUT2D eigenvalue weighted by molar-refractivity contribution is 0.155. The van der Waals surface area contributed by atoms with Crippen LogP contribution in [0.25, 0.3) is 0 Å². The lowest BCUT2D eigenvalue weighted by Crippen LogP contribution is -2.34. The minimum atomic E-state index is -0.401. The molecule has 4 nitrogen and oxygen atoms in total. The van der Waals surface area contributed by atoms with Crippen LogP contribution in [0.4, 0.5) is 4.39 Å². The summed E-state index contributed by atoms with van der Waals surface area (Å²) in [5.74, 6) is 0.399. The van der Waals surface area contributed by atoms with Crippen LogP contribution in [0.3, 0.4) is 0 Å². The first-order valence-corrected chi connectivity index (χ1v) is 8.41. The highest BCUT2D eigenvalue weighted by Crippen LogP contribution is 2.22. The first kappa shape index (κ1) is 16.2. The molecule has 6 heteroatoms. The third kappa shape index (κ3) is 4.65. The zero-order chi connectivity index (χ0) is 16.1. The van der Waals surface area contributed by atoms with Gasteiger partial charge in [0.05, 0.1) is 5.69 Å². The Kier molecular flexibility index (Phi) is 5.46. The van der Waals surface area contributed by atoms with E-state index in [2.05, 4.69) is 26.2 Å². The van der Waals surface area contributed by atoms with Gasteiger partial charge in [-0.25, -0.2) is 9.37 Å². The molecule has 1 aliphatic heterocycles. The fraction of sp³-hybridized carbons (Fsp3) is 0.353.